The summed E-state index contributed by atoms with van der Waals surface area (Å²) >= 11 is 0. The van der Waals surface area contributed by atoms with Crippen LogP contribution in [0.15, 0.2) is 59.5 Å². The summed E-state index contributed by atoms with van der Waals surface area (Å²) in [6.45, 7) is -0.0145. The Kier molecular flexibility index (Phi) is 4.89. The van der Waals surface area contributed by atoms with Crippen LogP contribution in [0.1, 0.15) is 28.8 Å². The molecule has 3 aromatic carbocycles. The summed E-state index contributed by atoms with van der Waals surface area (Å²) in [5.41, 5.74) is 0.763. The standard InChI is InChI=1S/C23H18FN3O5S/c24-21-14-5-2-1-4-13(14)8-10-19(21)33(31,32)26-17-7-3-6-15-16(17)12-27(23(15)30)18-9-11-20(28)25-22(18)29/h1-8,10,18,26H,9,11-12H2,(H,25,28,29). The van der Waals surface area contributed by atoms with Crippen LogP contribution in [0.5, 0.6) is 0 Å². The van der Waals surface area contributed by atoms with E-state index in [4.69, 9.17) is 0 Å². The van der Waals surface area contributed by atoms with Crippen LogP contribution < -0.4 is 10.0 Å². The highest BCUT2D eigenvalue weighted by Crippen LogP contribution is 2.34. The largest absolute Gasteiger partial charge is 0.322 e. The highest BCUT2D eigenvalue weighted by Gasteiger charge is 2.40. The number of piperidine rings is 1. The predicted octanol–water partition coefficient (Wildman–Crippen LogP) is 2.54. The minimum absolute atomic E-state index is 0.0145. The third kappa shape index (κ3) is 3.52. The lowest BCUT2D eigenvalue weighted by Crippen LogP contribution is -2.52. The summed E-state index contributed by atoms with van der Waals surface area (Å²) in [6.07, 6.45) is 0.297. The van der Waals surface area contributed by atoms with E-state index in [1.54, 1.807) is 18.2 Å². The fourth-order valence-electron chi connectivity index (χ4n) is 4.30. The SMILES string of the molecule is O=C1CCC(N2Cc3c(NS(=O)(=O)c4ccc5ccccc5c4F)cccc3C2=O)C(=O)N1. The number of carbonyl (C=O) groups excluding carboxylic acids is 3. The fraction of sp³-hybridized carbons (Fsp3) is 0.174. The molecule has 2 aliphatic rings. The van der Waals surface area contributed by atoms with Gasteiger partial charge in [-0.05, 0) is 30.0 Å². The molecule has 0 radical (unpaired) electrons. The molecule has 1 fully saturated rings. The summed E-state index contributed by atoms with van der Waals surface area (Å²) in [5.74, 6) is -2.26. The third-order valence-electron chi connectivity index (χ3n) is 5.94. The number of imide groups is 1. The van der Waals surface area contributed by atoms with Crippen molar-refractivity contribution in [3.8, 4) is 0 Å². The van der Waals surface area contributed by atoms with Crippen molar-refractivity contribution in [1.82, 2.24) is 10.2 Å². The molecule has 0 bridgehead atoms. The molecule has 5 rings (SSSR count). The number of nitrogens with zero attached hydrogens (tertiary/aromatic N) is 1. The van der Waals surface area contributed by atoms with Crippen LogP contribution in [-0.4, -0.2) is 37.1 Å². The molecule has 0 aliphatic carbocycles. The van der Waals surface area contributed by atoms with Crippen molar-refractivity contribution in [3.05, 3.63) is 71.5 Å². The molecule has 3 aromatic rings. The van der Waals surface area contributed by atoms with Crippen LogP contribution >= 0.6 is 0 Å². The second-order valence-electron chi connectivity index (χ2n) is 7.94. The molecule has 2 N–H and O–H groups in total. The van der Waals surface area contributed by atoms with Gasteiger partial charge in [0.25, 0.3) is 15.9 Å². The van der Waals surface area contributed by atoms with E-state index in [1.165, 1.54) is 41.3 Å². The van der Waals surface area contributed by atoms with Gasteiger partial charge in [-0.25, -0.2) is 12.8 Å². The number of nitrogens with one attached hydrogen (secondary N) is 2. The number of hydrogen-bond acceptors (Lipinski definition) is 5. The molecular weight excluding hydrogens is 449 g/mol. The molecule has 168 valence electrons. The monoisotopic (exact) mass is 467 g/mol. The van der Waals surface area contributed by atoms with E-state index >= 15 is 4.39 Å². The normalized spacial score (nSPS) is 18.4. The fourth-order valence-corrected chi connectivity index (χ4v) is 5.49. The van der Waals surface area contributed by atoms with Gasteiger partial charge in [0.15, 0.2) is 5.82 Å². The van der Waals surface area contributed by atoms with Crippen molar-refractivity contribution >= 4 is 44.2 Å². The Labute approximate surface area is 188 Å². The Morgan fingerprint density at radius 3 is 2.58 bits per heavy atom. The molecular formula is C23H18FN3O5S. The maximum absolute atomic E-state index is 15.0. The van der Waals surface area contributed by atoms with E-state index in [0.717, 1.165) is 0 Å². The van der Waals surface area contributed by atoms with E-state index in [9.17, 15) is 22.8 Å². The average Bonchev–Trinajstić information content (AvgIpc) is 3.11. The van der Waals surface area contributed by atoms with Crippen LogP contribution in [0.4, 0.5) is 10.1 Å². The number of benzene rings is 3. The van der Waals surface area contributed by atoms with Crippen LogP contribution in [0, 0.1) is 5.82 Å². The van der Waals surface area contributed by atoms with Gasteiger partial charge in [0.2, 0.25) is 11.8 Å². The first-order chi connectivity index (χ1) is 15.8. The van der Waals surface area contributed by atoms with Crippen molar-refractivity contribution in [2.75, 3.05) is 4.72 Å². The van der Waals surface area contributed by atoms with Crippen molar-refractivity contribution in [3.63, 3.8) is 0 Å². The molecule has 3 amide bonds. The lowest BCUT2D eigenvalue weighted by atomic mass is 10.0. The van der Waals surface area contributed by atoms with Gasteiger partial charge in [0.1, 0.15) is 10.9 Å². The van der Waals surface area contributed by atoms with Crippen LogP contribution in [-0.2, 0) is 26.2 Å². The number of sulfonamides is 1. The molecule has 2 aliphatic heterocycles. The van der Waals surface area contributed by atoms with E-state index < -0.39 is 44.5 Å². The second-order valence-corrected chi connectivity index (χ2v) is 9.59. The molecule has 1 atom stereocenters. The molecule has 33 heavy (non-hydrogen) atoms. The average molecular weight is 467 g/mol. The smallest absolute Gasteiger partial charge is 0.264 e. The van der Waals surface area contributed by atoms with Gasteiger partial charge in [-0.2, -0.15) is 0 Å². The zero-order valence-electron chi connectivity index (χ0n) is 17.2. The topological polar surface area (TPSA) is 113 Å². The summed E-state index contributed by atoms with van der Waals surface area (Å²) in [5, 5.41) is 2.97. The second kappa shape index (κ2) is 7.66. The first kappa shape index (κ1) is 21.1. The van der Waals surface area contributed by atoms with Crippen molar-refractivity contribution in [2.24, 2.45) is 0 Å². The third-order valence-corrected chi connectivity index (χ3v) is 7.33. The van der Waals surface area contributed by atoms with Gasteiger partial charge < -0.3 is 4.90 Å². The Morgan fingerprint density at radius 2 is 1.79 bits per heavy atom. The van der Waals surface area contributed by atoms with Crippen LogP contribution in [0.3, 0.4) is 0 Å². The van der Waals surface area contributed by atoms with E-state index in [2.05, 4.69) is 10.0 Å². The highest BCUT2D eigenvalue weighted by molar-refractivity contribution is 7.92. The number of carbonyl (C=O) groups is 3. The zero-order valence-corrected chi connectivity index (χ0v) is 18.0. The maximum Gasteiger partial charge on any atom is 0.264 e. The molecule has 8 nitrogen and oxygen atoms in total. The molecule has 0 aromatic heterocycles. The number of halogens is 1. The van der Waals surface area contributed by atoms with Gasteiger partial charge in [-0.3, -0.25) is 24.4 Å². The minimum atomic E-state index is -4.31. The van der Waals surface area contributed by atoms with Crippen molar-refractivity contribution < 1.29 is 27.2 Å². The van der Waals surface area contributed by atoms with Gasteiger partial charge in [0.05, 0.1) is 5.69 Å². The number of hydrogen-bond donors (Lipinski definition) is 2. The summed E-state index contributed by atoms with van der Waals surface area (Å²) in [6, 6.07) is 13.0. The van der Waals surface area contributed by atoms with Crippen molar-refractivity contribution in [1.29, 1.82) is 0 Å². The molecule has 0 saturated carbocycles. The molecule has 10 heteroatoms. The van der Waals surface area contributed by atoms with Gasteiger partial charge in [0, 0.05) is 29.5 Å². The number of fused-ring (bicyclic) bond motifs is 2. The maximum atomic E-state index is 15.0. The number of amides is 3. The van der Waals surface area contributed by atoms with E-state index in [0.29, 0.717) is 10.9 Å². The molecule has 1 unspecified atom stereocenters. The van der Waals surface area contributed by atoms with Crippen LogP contribution in [0.25, 0.3) is 10.8 Å². The first-order valence-electron chi connectivity index (χ1n) is 10.2. The number of rotatable bonds is 4. The highest BCUT2D eigenvalue weighted by atomic mass is 32.2. The summed E-state index contributed by atoms with van der Waals surface area (Å²) in [7, 11) is -4.31. The van der Waals surface area contributed by atoms with Gasteiger partial charge >= 0.3 is 0 Å². The number of anilines is 1. The predicted molar refractivity (Wildman–Crippen MR) is 117 cm³/mol. The lowest BCUT2D eigenvalue weighted by molar-refractivity contribution is -0.136. The van der Waals surface area contributed by atoms with Crippen molar-refractivity contribution in [2.45, 2.75) is 30.3 Å². The molecule has 0 spiro atoms. The molecule has 2 heterocycles. The zero-order chi connectivity index (χ0) is 23.3. The Balaban J connectivity index is 1.48. The van der Waals surface area contributed by atoms with E-state index in [1.807, 2.05) is 0 Å². The van der Waals surface area contributed by atoms with Gasteiger partial charge in [-0.15, -0.1) is 0 Å². The first-order valence-corrected chi connectivity index (χ1v) is 11.7. The minimum Gasteiger partial charge on any atom is -0.322 e. The quantitative estimate of drug-likeness (QED) is 0.573. The summed E-state index contributed by atoms with van der Waals surface area (Å²) < 4.78 is 43.6. The lowest BCUT2D eigenvalue weighted by Gasteiger charge is -2.29. The molecule has 1 saturated heterocycles. The summed E-state index contributed by atoms with van der Waals surface area (Å²) in [4.78, 5) is 37.4. The van der Waals surface area contributed by atoms with Gasteiger partial charge in [-0.1, -0.05) is 36.4 Å². The Hall–Kier alpha value is -3.79. The van der Waals surface area contributed by atoms with E-state index in [-0.39, 0.29) is 36.0 Å². The Bertz CT molecular complexity index is 1450. The Morgan fingerprint density at radius 1 is 1.00 bits per heavy atom. The van der Waals surface area contributed by atoms with Crippen LogP contribution in [0.2, 0.25) is 0 Å².